The topological polar surface area (TPSA) is 62.5 Å². The first-order valence-electron chi connectivity index (χ1n) is 9.11. The van der Waals surface area contributed by atoms with Gasteiger partial charge in [-0.05, 0) is 50.2 Å². The lowest BCUT2D eigenvalue weighted by Crippen LogP contribution is -2.10. The van der Waals surface area contributed by atoms with E-state index in [4.69, 9.17) is 4.98 Å². The second-order valence-electron chi connectivity index (χ2n) is 6.96. The Labute approximate surface area is 143 Å². The highest BCUT2D eigenvalue weighted by atomic mass is 15.1. The third kappa shape index (κ3) is 2.69. The molecule has 0 N–H and O–H groups in total. The van der Waals surface area contributed by atoms with Crippen LogP contribution in [0, 0.1) is 11.3 Å². The molecule has 0 unspecified atom stereocenters. The van der Waals surface area contributed by atoms with Crippen molar-refractivity contribution in [2.45, 2.75) is 63.7 Å². The zero-order valence-corrected chi connectivity index (χ0v) is 14.0. The molecule has 0 aromatic carbocycles. The van der Waals surface area contributed by atoms with E-state index in [1.54, 1.807) is 12.4 Å². The van der Waals surface area contributed by atoms with Crippen molar-refractivity contribution in [3.05, 3.63) is 41.0 Å². The maximum absolute atomic E-state index is 9.97. The number of aryl methyl sites for hydroxylation is 1. The largest absolute Gasteiger partial charge is 0.256 e. The number of fused-ring (bicyclic) bond motifs is 1. The average Bonchev–Trinajstić information content (AvgIpc) is 3.06. The maximum Gasteiger partial charge on any atom is 0.102 e. The van der Waals surface area contributed by atoms with Gasteiger partial charge in [0.1, 0.15) is 6.07 Å². The SMILES string of the molecule is N#Cc1c(C2CCCC2)nc2c(c1-c1ccnnc1)CCCCC2. The van der Waals surface area contributed by atoms with Gasteiger partial charge in [-0.2, -0.15) is 15.5 Å². The summed E-state index contributed by atoms with van der Waals surface area (Å²) in [7, 11) is 0. The summed E-state index contributed by atoms with van der Waals surface area (Å²) in [5.74, 6) is 0.446. The third-order valence-corrected chi connectivity index (χ3v) is 5.48. The van der Waals surface area contributed by atoms with Crippen LogP contribution in [0.4, 0.5) is 0 Å². The molecule has 0 bridgehead atoms. The van der Waals surface area contributed by atoms with Crippen LogP contribution in [0.1, 0.15) is 73.4 Å². The minimum Gasteiger partial charge on any atom is -0.256 e. The quantitative estimate of drug-likeness (QED) is 0.773. The lowest BCUT2D eigenvalue weighted by Gasteiger charge is -2.20. The van der Waals surface area contributed by atoms with Crippen LogP contribution in [0.15, 0.2) is 18.5 Å². The molecule has 0 saturated heterocycles. The predicted octanol–water partition coefficient (Wildman–Crippen LogP) is 4.34. The molecule has 4 heteroatoms. The third-order valence-electron chi connectivity index (χ3n) is 5.48. The van der Waals surface area contributed by atoms with E-state index >= 15 is 0 Å². The van der Waals surface area contributed by atoms with Gasteiger partial charge in [-0.25, -0.2) is 0 Å². The molecule has 0 aliphatic heterocycles. The summed E-state index contributed by atoms with van der Waals surface area (Å²) in [6.45, 7) is 0. The minimum atomic E-state index is 0.446. The fourth-order valence-electron chi connectivity index (χ4n) is 4.30. The fourth-order valence-corrected chi connectivity index (χ4v) is 4.30. The second-order valence-corrected chi connectivity index (χ2v) is 6.96. The molecule has 24 heavy (non-hydrogen) atoms. The zero-order valence-electron chi connectivity index (χ0n) is 14.0. The van der Waals surface area contributed by atoms with Crippen LogP contribution in [-0.4, -0.2) is 15.2 Å². The van der Waals surface area contributed by atoms with E-state index in [2.05, 4.69) is 16.3 Å². The van der Waals surface area contributed by atoms with E-state index in [9.17, 15) is 5.26 Å². The molecule has 4 nitrogen and oxygen atoms in total. The Hall–Kier alpha value is -2.28. The van der Waals surface area contributed by atoms with Gasteiger partial charge in [0, 0.05) is 22.7 Å². The number of hydrogen-bond acceptors (Lipinski definition) is 4. The molecule has 0 amide bonds. The number of aromatic nitrogens is 3. The molecule has 0 atom stereocenters. The van der Waals surface area contributed by atoms with Crippen LogP contribution in [0.3, 0.4) is 0 Å². The molecule has 0 spiro atoms. The van der Waals surface area contributed by atoms with E-state index in [-0.39, 0.29) is 0 Å². The van der Waals surface area contributed by atoms with Crippen LogP contribution in [-0.2, 0) is 12.8 Å². The zero-order chi connectivity index (χ0) is 16.4. The Bertz CT molecular complexity index is 770. The van der Waals surface area contributed by atoms with E-state index < -0.39 is 0 Å². The van der Waals surface area contributed by atoms with Crippen molar-refractivity contribution in [3.63, 3.8) is 0 Å². The maximum atomic E-state index is 9.97. The van der Waals surface area contributed by atoms with E-state index in [0.29, 0.717) is 5.92 Å². The highest BCUT2D eigenvalue weighted by Gasteiger charge is 2.28. The van der Waals surface area contributed by atoms with Gasteiger partial charge in [0.15, 0.2) is 0 Å². The van der Waals surface area contributed by atoms with Gasteiger partial charge in [0.05, 0.1) is 23.7 Å². The Morgan fingerprint density at radius 2 is 1.83 bits per heavy atom. The summed E-state index contributed by atoms with van der Waals surface area (Å²) < 4.78 is 0. The molecule has 0 radical (unpaired) electrons. The van der Waals surface area contributed by atoms with Gasteiger partial charge in [0.25, 0.3) is 0 Å². The molecule has 2 aliphatic rings. The monoisotopic (exact) mass is 318 g/mol. The van der Waals surface area contributed by atoms with Gasteiger partial charge >= 0.3 is 0 Å². The van der Waals surface area contributed by atoms with Gasteiger partial charge < -0.3 is 0 Å². The lowest BCUT2D eigenvalue weighted by molar-refractivity contribution is 0.681. The number of hydrogen-bond donors (Lipinski definition) is 0. The summed E-state index contributed by atoms with van der Waals surface area (Å²) in [4.78, 5) is 5.05. The average molecular weight is 318 g/mol. The number of nitriles is 1. The first kappa shape index (κ1) is 15.3. The van der Waals surface area contributed by atoms with E-state index in [0.717, 1.165) is 48.1 Å². The molecule has 1 fully saturated rings. The molecule has 2 aliphatic carbocycles. The fraction of sp³-hybridized carbons (Fsp3) is 0.500. The van der Waals surface area contributed by atoms with E-state index in [1.807, 2.05) is 6.07 Å². The Balaban J connectivity index is 1.97. The predicted molar refractivity (Wildman–Crippen MR) is 92.4 cm³/mol. The standard InChI is InChI=1S/C20H22N4/c21-12-17-19(15-10-11-22-23-13-15)16-8-2-1-3-9-18(16)24-20(17)14-6-4-5-7-14/h10-11,13-14H,1-9H2. The minimum absolute atomic E-state index is 0.446. The molecule has 1 saturated carbocycles. The molecule has 122 valence electrons. The van der Waals surface area contributed by atoms with Gasteiger partial charge in [0.2, 0.25) is 0 Å². The number of rotatable bonds is 2. The molecule has 2 heterocycles. The normalized spacial score (nSPS) is 18.0. The summed E-state index contributed by atoms with van der Waals surface area (Å²) in [6, 6.07) is 4.48. The smallest absolute Gasteiger partial charge is 0.102 e. The van der Waals surface area contributed by atoms with Crippen molar-refractivity contribution in [1.29, 1.82) is 5.26 Å². The van der Waals surface area contributed by atoms with Crippen molar-refractivity contribution < 1.29 is 0 Å². The molecular formula is C20H22N4. The van der Waals surface area contributed by atoms with Crippen molar-refractivity contribution >= 4 is 0 Å². The lowest BCUT2D eigenvalue weighted by atomic mass is 9.88. The summed E-state index contributed by atoms with van der Waals surface area (Å²) in [6.07, 6.45) is 14.0. The van der Waals surface area contributed by atoms with Crippen LogP contribution in [0.2, 0.25) is 0 Å². The summed E-state index contributed by atoms with van der Waals surface area (Å²) >= 11 is 0. The van der Waals surface area contributed by atoms with E-state index in [1.165, 1.54) is 43.4 Å². The first-order chi connectivity index (χ1) is 11.9. The summed E-state index contributed by atoms with van der Waals surface area (Å²) in [5.41, 5.74) is 6.43. The summed E-state index contributed by atoms with van der Waals surface area (Å²) in [5, 5.41) is 17.9. The van der Waals surface area contributed by atoms with Gasteiger partial charge in [-0.3, -0.25) is 4.98 Å². The molecular weight excluding hydrogens is 296 g/mol. The van der Waals surface area contributed by atoms with Crippen molar-refractivity contribution in [2.24, 2.45) is 0 Å². The molecule has 2 aromatic rings. The van der Waals surface area contributed by atoms with Crippen LogP contribution < -0.4 is 0 Å². The van der Waals surface area contributed by atoms with Crippen molar-refractivity contribution in [3.8, 4) is 17.2 Å². The number of nitrogens with zero attached hydrogens (tertiary/aromatic N) is 4. The second kappa shape index (κ2) is 6.68. The molecule has 2 aromatic heterocycles. The van der Waals surface area contributed by atoms with Crippen LogP contribution in [0.5, 0.6) is 0 Å². The Morgan fingerprint density at radius 1 is 1.00 bits per heavy atom. The van der Waals surface area contributed by atoms with Crippen LogP contribution in [0.25, 0.3) is 11.1 Å². The van der Waals surface area contributed by atoms with Gasteiger partial charge in [-0.1, -0.05) is 19.3 Å². The van der Waals surface area contributed by atoms with Gasteiger partial charge in [-0.15, -0.1) is 0 Å². The van der Waals surface area contributed by atoms with Crippen molar-refractivity contribution in [1.82, 2.24) is 15.2 Å². The highest BCUT2D eigenvalue weighted by Crippen LogP contribution is 2.40. The number of pyridine rings is 1. The van der Waals surface area contributed by atoms with Crippen LogP contribution >= 0.6 is 0 Å². The Morgan fingerprint density at radius 3 is 2.58 bits per heavy atom. The van der Waals surface area contributed by atoms with Crippen molar-refractivity contribution in [2.75, 3.05) is 0 Å². The highest BCUT2D eigenvalue weighted by molar-refractivity contribution is 5.75. The first-order valence-corrected chi connectivity index (χ1v) is 9.11. The Kier molecular flexibility index (Phi) is 4.25. The molecule has 4 rings (SSSR count).